The smallest absolute Gasteiger partial charge is 0.0951 e. The van der Waals surface area contributed by atoms with Crippen LogP contribution in [-0.2, 0) is 11.3 Å². The SMILES string of the molecule is C=COCCCNCc1cncn1C(C)C. The van der Waals surface area contributed by atoms with Crippen molar-refractivity contribution in [3.63, 3.8) is 0 Å². The Bertz CT molecular complexity index is 307. The van der Waals surface area contributed by atoms with E-state index in [0.717, 1.165) is 26.1 Å². The third-order valence-electron chi connectivity index (χ3n) is 2.34. The summed E-state index contributed by atoms with van der Waals surface area (Å²) in [5.41, 5.74) is 1.22. The van der Waals surface area contributed by atoms with E-state index in [2.05, 4.69) is 35.3 Å². The fraction of sp³-hybridized carbons (Fsp3) is 0.583. The van der Waals surface area contributed by atoms with Crippen molar-refractivity contribution in [2.45, 2.75) is 32.9 Å². The van der Waals surface area contributed by atoms with Gasteiger partial charge in [0.2, 0.25) is 0 Å². The standard InChI is InChI=1S/C12H21N3O/c1-4-16-7-5-6-13-8-12-9-14-10-15(12)11(2)3/h4,9-11,13H,1,5-8H2,2-3H3. The third-order valence-corrected chi connectivity index (χ3v) is 2.34. The van der Waals surface area contributed by atoms with E-state index in [-0.39, 0.29) is 0 Å². The normalized spacial score (nSPS) is 10.7. The molecule has 1 aromatic heterocycles. The number of hydrogen-bond acceptors (Lipinski definition) is 3. The van der Waals surface area contributed by atoms with Gasteiger partial charge in [-0.2, -0.15) is 0 Å². The molecule has 0 atom stereocenters. The molecule has 0 aliphatic heterocycles. The van der Waals surface area contributed by atoms with E-state index in [4.69, 9.17) is 4.74 Å². The lowest BCUT2D eigenvalue weighted by Crippen LogP contribution is -2.18. The molecule has 0 radical (unpaired) electrons. The molecule has 1 N–H and O–H groups in total. The van der Waals surface area contributed by atoms with E-state index < -0.39 is 0 Å². The van der Waals surface area contributed by atoms with Gasteiger partial charge in [0.1, 0.15) is 0 Å². The van der Waals surface area contributed by atoms with Crippen LogP contribution in [0.5, 0.6) is 0 Å². The highest BCUT2D eigenvalue weighted by Crippen LogP contribution is 2.08. The van der Waals surface area contributed by atoms with Crippen molar-refractivity contribution in [2.75, 3.05) is 13.2 Å². The minimum atomic E-state index is 0.461. The molecule has 0 saturated carbocycles. The Kier molecular flexibility index (Phi) is 5.64. The zero-order valence-electron chi connectivity index (χ0n) is 10.1. The van der Waals surface area contributed by atoms with Gasteiger partial charge in [0.05, 0.1) is 24.9 Å². The van der Waals surface area contributed by atoms with Gasteiger partial charge in [-0.3, -0.25) is 0 Å². The van der Waals surface area contributed by atoms with Crippen LogP contribution in [-0.4, -0.2) is 22.7 Å². The molecule has 0 aliphatic carbocycles. The van der Waals surface area contributed by atoms with Gasteiger partial charge in [-0.15, -0.1) is 0 Å². The third kappa shape index (κ3) is 4.06. The predicted octanol–water partition coefficient (Wildman–Crippen LogP) is 2.10. The van der Waals surface area contributed by atoms with Gasteiger partial charge in [-0.25, -0.2) is 4.98 Å². The molecule has 0 spiro atoms. The molecule has 90 valence electrons. The van der Waals surface area contributed by atoms with E-state index in [1.807, 2.05) is 12.5 Å². The van der Waals surface area contributed by atoms with Gasteiger partial charge in [-0.1, -0.05) is 6.58 Å². The van der Waals surface area contributed by atoms with Crippen LogP contribution in [0.1, 0.15) is 32.0 Å². The molecular formula is C12H21N3O. The Morgan fingerprint density at radius 2 is 2.44 bits per heavy atom. The first-order chi connectivity index (χ1) is 7.75. The first kappa shape index (κ1) is 12.8. The maximum atomic E-state index is 5.04. The second kappa shape index (κ2) is 7.06. The van der Waals surface area contributed by atoms with Gasteiger partial charge >= 0.3 is 0 Å². The highest BCUT2D eigenvalue weighted by molar-refractivity contribution is 4.99. The van der Waals surface area contributed by atoms with Crippen molar-refractivity contribution in [2.24, 2.45) is 0 Å². The second-order valence-corrected chi connectivity index (χ2v) is 3.95. The summed E-state index contributed by atoms with van der Waals surface area (Å²) in [5, 5.41) is 3.37. The van der Waals surface area contributed by atoms with Crippen LogP contribution >= 0.6 is 0 Å². The number of ether oxygens (including phenoxy) is 1. The monoisotopic (exact) mass is 223 g/mol. The Labute approximate surface area is 97.3 Å². The predicted molar refractivity (Wildman–Crippen MR) is 65.1 cm³/mol. The van der Waals surface area contributed by atoms with Gasteiger partial charge in [0, 0.05) is 18.8 Å². The molecule has 16 heavy (non-hydrogen) atoms. The fourth-order valence-electron chi connectivity index (χ4n) is 1.51. The lowest BCUT2D eigenvalue weighted by atomic mass is 10.3. The summed E-state index contributed by atoms with van der Waals surface area (Å²) in [6, 6.07) is 0.461. The Hall–Kier alpha value is -1.29. The molecule has 0 fully saturated rings. The maximum absolute atomic E-state index is 5.04. The molecule has 0 aliphatic rings. The van der Waals surface area contributed by atoms with Crippen molar-refractivity contribution in [1.29, 1.82) is 0 Å². The molecule has 4 heteroatoms. The Balaban J connectivity index is 2.21. The highest BCUT2D eigenvalue weighted by Gasteiger charge is 2.03. The topological polar surface area (TPSA) is 39.1 Å². The zero-order chi connectivity index (χ0) is 11.8. The molecule has 1 heterocycles. The quantitative estimate of drug-likeness (QED) is 0.542. The molecule has 0 amide bonds. The molecule has 4 nitrogen and oxygen atoms in total. The molecule has 1 aromatic rings. The van der Waals surface area contributed by atoms with E-state index in [9.17, 15) is 0 Å². The maximum Gasteiger partial charge on any atom is 0.0951 e. The Morgan fingerprint density at radius 1 is 1.62 bits per heavy atom. The lowest BCUT2D eigenvalue weighted by molar-refractivity contribution is 0.244. The molecule has 0 unspecified atom stereocenters. The summed E-state index contributed by atoms with van der Waals surface area (Å²) in [7, 11) is 0. The zero-order valence-corrected chi connectivity index (χ0v) is 10.1. The molecular weight excluding hydrogens is 202 g/mol. The first-order valence-electron chi connectivity index (χ1n) is 5.69. The van der Waals surface area contributed by atoms with Crippen molar-refractivity contribution < 1.29 is 4.74 Å². The average molecular weight is 223 g/mol. The van der Waals surface area contributed by atoms with Crippen LogP contribution in [0.3, 0.4) is 0 Å². The van der Waals surface area contributed by atoms with Crippen LogP contribution in [0, 0.1) is 0 Å². The minimum absolute atomic E-state index is 0.461. The summed E-state index contributed by atoms with van der Waals surface area (Å²) < 4.78 is 7.21. The summed E-state index contributed by atoms with van der Waals surface area (Å²) in [6.07, 6.45) is 6.26. The molecule has 0 saturated heterocycles. The van der Waals surface area contributed by atoms with Gasteiger partial charge in [-0.05, 0) is 26.8 Å². The van der Waals surface area contributed by atoms with Gasteiger partial charge < -0.3 is 14.6 Å². The van der Waals surface area contributed by atoms with E-state index >= 15 is 0 Å². The molecule has 0 bridgehead atoms. The van der Waals surface area contributed by atoms with Crippen LogP contribution in [0.15, 0.2) is 25.4 Å². The Morgan fingerprint density at radius 3 is 3.12 bits per heavy atom. The number of imidazole rings is 1. The number of nitrogens with zero attached hydrogens (tertiary/aromatic N) is 2. The second-order valence-electron chi connectivity index (χ2n) is 3.95. The summed E-state index contributed by atoms with van der Waals surface area (Å²) >= 11 is 0. The van der Waals surface area contributed by atoms with Crippen molar-refractivity contribution in [1.82, 2.24) is 14.9 Å². The number of nitrogens with one attached hydrogen (secondary N) is 1. The van der Waals surface area contributed by atoms with Gasteiger partial charge in [0.25, 0.3) is 0 Å². The number of aromatic nitrogens is 2. The van der Waals surface area contributed by atoms with Crippen molar-refractivity contribution in [3.05, 3.63) is 31.1 Å². The molecule has 1 rings (SSSR count). The summed E-state index contributed by atoms with van der Waals surface area (Å²) in [6.45, 7) is 10.3. The summed E-state index contributed by atoms with van der Waals surface area (Å²) in [4.78, 5) is 4.16. The summed E-state index contributed by atoms with van der Waals surface area (Å²) in [5.74, 6) is 0. The van der Waals surface area contributed by atoms with E-state index in [1.165, 1.54) is 12.0 Å². The van der Waals surface area contributed by atoms with Crippen molar-refractivity contribution in [3.8, 4) is 0 Å². The fourth-order valence-corrected chi connectivity index (χ4v) is 1.51. The van der Waals surface area contributed by atoms with Crippen LogP contribution in [0.25, 0.3) is 0 Å². The lowest BCUT2D eigenvalue weighted by Gasteiger charge is -2.12. The van der Waals surface area contributed by atoms with E-state index in [0.29, 0.717) is 6.04 Å². The average Bonchev–Trinajstić information content (AvgIpc) is 2.71. The largest absolute Gasteiger partial charge is 0.502 e. The van der Waals surface area contributed by atoms with Crippen LogP contribution < -0.4 is 5.32 Å². The van der Waals surface area contributed by atoms with E-state index in [1.54, 1.807) is 0 Å². The number of rotatable bonds is 8. The first-order valence-corrected chi connectivity index (χ1v) is 5.69. The molecule has 0 aromatic carbocycles. The van der Waals surface area contributed by atoms with Crippen molar-refractivity contribution >= 4 is 0 Å². The van der Waals surface area contributed by atoms with Gasteiger partial charge in [0.15, 0.2) is 0 Å². The highest BCUT2D eigenvalue weighted by atomic mass is 16.5. The number of hydrogen-bond donors (Lipinski definition) is 1. The minimum Gasteiger partial charge on any atom is -0.502 e. The van der Waals surface area contributed by atoms with Crippen LogP contribution in [0.4, 0.5) is 0 Å². The van der Waals surface area contributed by atoms with Crippen LogP contribution in [0.2, 0.25) is 0 Å².